The summed E-state index contributed by atoms with van der Waals surface area (Å²) in [6.07, 6.45) is 2.36. The average molecular weight is 262 g/mol. The van der Waals surface area contributed by atoms with Gasteiger partial charge in [0.1, 0.15) is 6.04 Å². The number of aryl methyl sites for hydroxylation is 1. The monoisotopic (exact) mass is 262 g/mol. The first-order valence-electron chi connectivity index (χ1n) is 6.52. The zero-order valence-electron chi connectivity index (χ0n) is 10.9. The van der Waals surface area contributed by atoms with Gasteiger partial charge in [-0.3, -0.25) is 4.79 Å². The van der Waals surface area contributed by atoms with E-state index in [0.717, 1.165) is 30.6 Å². The third-order valence-corrected chi connectivity index (χ3v) is 3.32. The van der Waals surface area contributed by atoms with Gasteiger partial charge in [-0.1, -0.05) is 6.92 Å². The Morgan fingerprint density at radius 1 is 1.47 bits per heavy atom. The van der Waals surface area contributed by atoms with E-state index < -0.39 is 12.0 Å². The van der Waals surface area contributed by atoms with Crippen LogP contribution in [0.5, 0.6) is 0 Å². The number of benzene rings is 1. The van der Waals surface area contributed by atoms with E-state index in [-0.39, 0.29) is 5.91 Å². The van der Waals surface area contributed by atoms with Crippen LogP contribution in [0.4, 0.5) is 5.69 Å². The third-order valence-electron chi connectivity index (χ3n) is 3.32. The summed E-state index contributed by atoms with van der Waals surface area (Å²) >= 11 is 0. The molecule has 1 aromatic carbocycles. The first kappa shape index (κ1) is 13.4. The number of fused-ring (bicyclic) bond motifs is 1. The quantitative estimate of drug-likeness (QED) is 0.770. The second-order valence-electron chi connectivity index (χ2n) is 4.67. The fraction of sp³-hybridized carbons (Fsp3) is 0.429. The van der Waals surface area contributed by atoms with E-state index >= 15 is 0 Å². The predicted octanol–water partition coefficient (Wildman–Crippen LogP) is 1.64. The van der Waals surface area contributed by atoms with Crippen LogP contribution in [0.3, 0.4) is 0 Å². The molecule has 5 heteroatoms. The van der Waals surface area contributed by atoms with Crippen LogP contribution in [0.2, 0.25) is 0 Å². The number of aliphatic carboxylic acids is 1. The van der Waals surface area contributed by atoms with Crippen LogP contribution in [0.1, 0.15) is 35.7 Å². The molecule has 0 fully saturated rings. The van der Waals surface area contributed by atoms with E-state index in [9.17, 15) is 9.59 Å². The van der Waals surface area contributed by atoms with Crippen molar-refractivity contribution < 1.29 is 14.7 Å². The zero-order chi connectivity index (χ0) is 13.8. The van der Waals surface area contributed by atoms with Gasteiger partial charge < -0.3 is 15.7 Å². The van der Waals surface area contributed by atoms with Gasteiger partial charge in [-0.05, 0) is 43.0 Å². The minimum absolute atomic E-state index is 0.331. The molecule has 102 valence electrons. The molecule has 0 saturated heterocycles. The zero-order valence-corrected chi connectivity index (χ0v) is 10.9. The van der Waals surface area contributed by atoms with Gasteiger partial charge in [-0.2, -0.15) is 0 Å². The SMILES string of the molecule is CC[C@H](NC(=O)c1ccc2c(c1)CCCN2)C(=O)O. The fourth-order valence-corrected chi connectivity index (χ4v) is 2.20. The van der Waals surface area contributed by atoms with Crippen LogP contribution >= 0.6 is 0 Å². The Balaban J connectivity index is 2.13. The Bertz CT molecular complexity index is 499. The highest BCUT2D eigenvalue weighted by Crippen LogP contribution is 2.22. The summed E-state index contributed by atoms with van der Waals surface area (Å²) in [6, 6.07) is 4.61. The number of carbonyl (C=O) groups is 2. The summed E-state index contributed by atoms with van der Waals surface area (Å²) in [5.74, 6) is -1.34. The van der Waals surface area contributed by atoms with Gasteiger partial charge in [0.05, 0.1) is 0 Å². The summed E-state index contributed by atoms with van der Waals surface area (Å²) in [7, 11) is 0. The molecule has 5 nitrogen and oxygen atoms in total. The lowest BCUT2D eigenvalue weighted by Gasteiger charge is -2.19. The molecule has 1 atom stereocenters. The van der Waals surface area contributed by atoms with Crippen molar-refractivity contribution in [1.82, 2.24) is 5.32 Å². The molecule has 0 unspecified atom stereocenters. The number of carbonyl (C=O) groups excluding carboxylic acids is 1. The summed E-state index contributed by atoms with van der Waals surface area (Å²) in [5, 5.41) is 14.7. The van der Waals surface area contributed by atoms with Crippen molar-refractivity contribution in [3.05, 3.63) is 29.3 Å². The van der Waals surface area contributed by atoms with Crippen molar-refractivity contribution in [2.45, 2.75) is 32.2 Å². The maximum Gasteiger partial charge on any atom is 0.326 e. The van der Waals surface area contributed by atoms with Crippen molar-refractivity contribution in [3.8, 4) is 0 Å². The molecule has 0 aliphatic carbocycles. The number of rotatable bonds is 4. The molecule has 1 aromatic rings. The van der Waals surface area contributed by atoms with E-state index in [1.807, 2.05) is 12.1 Å². The van der Waals surface area contributed by atoms with Crippen LogP contribution in [-0.4, -0.2) is 29.6 Å². The lowest BCUT2D eigenvalue weighted by molar-refractivity contribution is -0.139. The molecule has 1 amide bonds. The van der Waals surface area contributed by atoms with Crippen molar-refractivity contribution in [2.24, 2.45) is 0 Å². The fourth-order valence-electron chi connectivity index (χ4n) is 2.20. The van der Waals surface area contributed by atoms with E-state index in [0.29, 0.717) is 12.0 Å². The molecule has 0 spiro atoms. The molecule has 0 saturated carbocycles. The Kier molecular flexibility index (Phi) is 4.04. The standard InChI is InChI=1S/C14H18N2O3/c1-2-11(14(18)19)16-13(17)10-5-6-12-9(8-10)4-3-7-15-12/h5-6,8,11,15H,2-4,7H2,1H3,(H,16,17)(H,18,19)/t11-/m0/s1. The van der Waals surface area contributed by atoms with Gasteiger partial charge in [0, 0.05) is 17.8 Å². The second-order valence-corrected chi connectivity index (χ2v) is 4.67. The topological polar surface area (TPSA) is 78.4 Å². The lowest BCUT2D eigenvalue weighted by atomic mass is 10.0. The maximum absolute atomic E-state index is 12.0. The van der Waals surface area contributed by atoms with Crippen LogP contribution < -0.4 is 10.6 Å². The van der Waals surface area contributed by atoms with Crippen molar-refractivity contribution in [3.63, 3.8) is 0 Å². The summed E-state index contributed by atoms with van der Waals surface area (Å²) < 4.78 is 0. The molecule has 0 aromatic heterocycles. The van der Waals surface area contributed by atoms with E-state index in [4.69, 9.17) is 5.11 Å². The van der Waals surface area contributed by atoms with E-state index in [1.54, 1.807) is 13.0 Å². The lowest BCUT2D eigenvalue weighted by Crippen LogP contribution is -2.40. The normalized spacial score (nSPS) is 15.0. The molecule has 0 bridgehead atoms. The molecule has 1 aliphatic heterocycles. The highest BCUT2D eigenvalue weighted by atomic mass is 16.4. The number of carboxylic acids is 1. The van der Waals surface area contributed by atoms with Gasteiger partial charge in [-0.25, -0.2) is 4.79 Å². The van der Waals surface area contributed by atoms with Gasteiger partial charge in [0.25, 0.3) is 5.91 Å². The van der Waals surface area contributed by atoms with Crippen molar-refractivity contribution >= 4 is 17.6 Å². The Morgan fingerprint density at radius 2 is 2.26 bits per heavy atom. The Labute approximate surface area is 112 Å². The third kappa shape index (κ3) is 3.05. The highest BCUT2D eigenvalue weighted by Gasteiger charge is 2.19. The number of carboxylic acid groups (broad SMARTS) is 1. The molecular weight excluding hydrogens is 244 g/mol. The minimum Gasteiger partial charge on any atom is -0.480 e. The molecule has 2 rings (SSSR count). The number of anilines is 1. The van der Waals surface area contributed by atoms with Gasteiger partial charge in [0.15, 0.2) is 0 Å². The molecule has 1 aliphatic rings. The first-order valence-corrected chi connectivity index (χ1v) is 6.52. The Hall–Kier alpha value is -2.04. The highest BCUT2D eigenvalue weighted by molar-refractivity contribution is 5.97. The Morgan fingerprint density at radius 3 is 2.95 bits per heavy atom. The van der Waals surface area contributed by atoms with Crippen LogP contribution in [0.25, 0.3) is 0 Å². The average Bonchev–Trinajstić information content (AvgIpc) is 2.43. The van der Waals surface area contributed by atoms with Gasteiger partial charge in [0.2, 0.25) is 0 Å². The summed E-state index contributed by atoms with van der Waals surface area (Å²) in [6.45, 7) is 2.69. The molecule has 1 heterocycles. The first-order chi connectivity index (χ1) is 9.11. The minimum atomic E-state index is -1.00. The number of hydrogen-bond acceptors (Lipinski definition) is 3. The molecule has 19 heavy (non-hydrogen) atoms. The molecular formula is C14H18N2O3. The van der Waals surface area contributed by atoms with Crippen molar-refractivity contribution in [2.75, 3.05) is 11.9 Å². The molecule has 0 radical (unpaired) electrons. The summed E-state index contributed by atoms with van der Waals surface area (Å²) in [4.78, 5) is 22.9. The number of nitrogens with one attached hydrogen (secondary N) is 2. The van der Waals surface area contributed by atoms with Crippen LogP contribution in [-0.2, 0) is 11.2 Å². The van der Waals surface area contributed by atoms with E-state index in [1.165, 1.54) is 0 Å². The van der Waals surface area contributed by atoms with Crippen LogP contribution in [0, 0.1) is 0 Å². The maximum atomic E-state index is 12.0. The largest absolute Gasteiger partial charge is 0.480 e. The summed E-state index contributed by atoms with van der Waals surface area (Å²) in [5.41, 5.74) is 2.69. The van der Waals surface area contributed by atoms with E-state index in [2.05, 4.69) is 10.6 Å². The predicted molar refractivity (Wildman–Crippen MR) is 72.4 cm³/mol. The smallest absolute Gasteiger partial charge is 0.326 e. The van der Waals surface area contributed by atoms with Gasteiger partial charge in [-0.15, -0.1) is 0 Å². The van der Waals surface area contributed by atoms with Crippen LogP contribution in [0.15, 0.2) is 18.2 Å². The second kappa shape index (κ2) is 5.73. The molecule has 3 N–H and O–H groups in total. The number of hydrogen-bond donors (Lipinski definition) is 3. The number of amides is 1. The van der Waals surface area contributed by atoms with Crippen molar-refractivity contribution in [1.29, 1.82) is 0 Å². The van der Waals surface area contributed by atoms with Gasteiger partial charge >= 0.3 is 5.97 Å².